The van der Waals surface area contributed by atoms with Crippen LogP contribution in [0.2, 0.25) is 0 Å². The maximum Gasteiger partial charge on any atom is 0.319 e. The molecule has 0 aliphatic rings. The summed E-state index contributed by atoms with van der Waals surface area (Å²) in [7, 11) is 0. The molecule has 0 saturated carbocycles. The number of thiazole rings is 1. The fourth-order valence-electron chi connectivity index (χ4n) is 2.27. The zero-order valence-corrected chi connectivity index (χ0v) is 12.4. The van der Waals surface area contributed by atoms with Crippen LogP contribution in [0.25, 0.3) is 10.2 Å². The second kappa shape index (κ2) is 5.70. The molecule has 2 aromatic rings. The summed E-state index contributed by atoms with van der Waals surface area (Å²) in [6.07, 6.45) is 1.42. The standard InChI is InChI=1S/C15H19NO2S/c1-4-15(5-2,14(17)18-6-3)13-16-11-9-7-8-10-12(11)19-13/h7-10H,4-6H2,1-3H3. The van der Waals surface area contributed by atoms with Gasteiger partial charge in [0.25, 0.3) is 0 Å². The molecule has 0 atom stereocenters. The molecule has 19 heavy (non-hydrogen) atoms. The molecule has 0 saturated heterocycles. The summed E-state index contributed by atoms with van der Waals surface area (Å²) in [6.45, 7) is 6.29. The van der Waals surface area contributed by atoms with Crippen molar-refractivity contribution < 1.29 is 9.53 Å². The van der Waals surface area contributed by atoms with Gasteiger partial charge in [-0.25, -0.2) is 4.98 Å². The van der Waals surface area contributed by atoms with Crippen molar-refractivity contribution in [3.8, 4) is 0 Å². The van der Waals surface area contributed by atoms with E-state index in [0.717, 1.165) is 15.2 Å². The molecule has 1 aromatic carbocycles. The van der Waals surface area contributed by atoms with Gasteiger partial charge in [0.05, 0.1) is 16.8 Å². The van der Waals surface area contributed by atoms with E-state index >= 15 is 0 Å². The molecule has 1 heterocycles. The third-order valence-electron chi connectivity index (χ3n) is 3.58. The van der Waals surface area contributed by atoms with E-state index in [1.54, 1.807) is 11.3 Å². The van der Waals surface area contributed by atoms with Crippen LogP contribution in [0, 0.1) is 0 Å². The van der Waals surface area contributed by atoms with Crippen LogP contribution < -0.4 is 0 Å². The SMILES string of the molecule is CCOC(=O)C(CC)(CC)c1nc2ccccc2s1. The van der Waals surface area contributed by atoms with E-state index in [1.165, 1.54) is 0 Å². The molecule has 0 N–H and O–H groups in total. The Bertz CT molecular complexity index is 539. The van der Waals surface area contributed by atoms with Crippen LogP contribution in [0.4, 0.5) is 0 Å². The molecule has 0 radical (unpaired) electrons. The van der Waals surface area contributed by atoms with Crippen LogP contribution in [-0.4, -0.2) is 17.6 Å². The van der Waals surface area contributed by atoms with E-state index in [1.807, 2.05) is 45.0 Å². The molecule has 0 fully saturated rings. The number of para-hydroxylation sites is 1. The number of benzene rings is 1. The highest BCUT2D eigenvalue weighted by Crippen LogP contribution is 2.37. The average molecular weight is 277 g/mol. The summed E-state index contributed by atoms with van der Waals surface area (Å²) in [4.78, 5) is 17.0. The normalized spacial score (nSPS) is 11.7. The maximum absolute atomic E-state index is 12.3. The molecule has 1 aromatic heterocycles. The Morgan fingerprint density at radius 2 is 1.95 bits per heavy atom. The molecule has 102 valence electrons. The van der Waals surface area contributed by atoms with Crippen molar-refractivity contribution in [2.75, 3.05) is 6.61 Å². The van der Waals surface area contributed by atoms with Gasteiger partial charge in [0.1, 0.15) is 10.4 Å². The number of esters is 1. The lowest BCUT2D eigenvalue weighted by Gasteiger charge is -2.26. The first kappa shape index (κ1) is 14.0. The van der Waals surface area contributed by atoms with Gasteiger partial charge in [-0.05, 0) is 31.9 Å². The Kier molecular flexibility index (Phi) is 4.20. The molecule has 0 aliphatic carbocycles. The first-order valence-corrected chi connectivity index (χ1v) is 7.52. The van der Waals surface area contributed by atoms with E-state index in [-0.39, 0.29) is 5.97 Å². The van der Waals surface area contributed by atoms with Gasteiger partial charge in [0.2, 0.25) is 0 Å². The van der Waals surface area contributed by atoms with Crippen molar-refractivity contribution >= 4 is 27.5 Å². The quantitative estimate of drug-likeness (QED) is 0.778. The highest BCUT2D eigenvalue weighted by atomic mass is 32.1. The van der Waals surface area contributed by atoms with E-state index in [4.69, 9.17) is 4.74 Å². The van der Waals surface area contributed by atoms with Crippen molar-refractivity contribution in [3.63, 3.8) is 0 Å². The Labute approximate surface area is 117 Å². The number of fused-ring (bicyclic) bond motifs is 1. The zero-order chi connectivity index (χ0) is 13.9. The Balaban J connectivity index is 2.51. The lowest BCUT2D eigenvalue weighted by atomic mass is 9.83. The average Bonchev–Trinajstić information content (AvgIpc) is 2.85. The summed E-state index contributed by atoms with van der Waals surface area (Å²) in [5.74, 6) is -0.154. The first-order valence-electron chi connectivity index (χ1n) is 6.71. The minimum Gasteiger partial charge on any atom is -0.465 e. The van der Waals surface area contributed by atoms with Crippen LogP contribution >= 0.6 is 11.3 Å². The monoisotopic (exact) mass is 277 g/mol. The molecule has 0 aliphatic heterocycles. The lowest BCUT2D eigenvalue weighted by molar-refractivity contribution is -0.150. The number of carbonyl (C=O) groups is 1. The topological polar surface area (TPSA) is 39.2 Å². The highest BCUT2D eigenvalue weighted by Gasteiger charge is 2.41. The van der Waals surface area contributed by atoms with Crippen LogP contribution in [-0.2, 0) is 14.9 Å². The van der Waals surface area contributed by atoms with Gasteiger partial charge in [-0.3, -0.25) is 4.79 Å². The molecule has 0 spiro atoms. The summed E-state index contributed by atoms with van der Waals surface area (Å²) < 4.78 is 6.39. The summed E-state index contributed by atoms with van der Waals surface area (Å²) >= 11 is 1.60. The molecule has 3 nitrogen and oxygen atoms in total. The van der Waals surface area contributed by atoms with Crippen molar-refractivity contribution in [1.82, 2.24) is 4.98 Å². The van der Waals surface area contributed by atoms with Gasteiger partial charge in [-0.15, -0.1) is 11.3 Å². The van der Waals surface area contributed by atoms with Gasteiger partial charge in [-0.2, -0.15) is 0 Å². The molecule has 0 bridgehead atoms. The molecule has 2 rings (SSSR count). The van der Waals surface area contributed by atoms with Gasteiger partial charge in [0.15, 0.2) is 0 Å². The van der Waals surface area contributed by atoms with E-state index in [9.17, 15) is 4.79 Å². The second-order valence-electron chi connectivity index (χ2n) is 4.50. The largest absolute Gasteiger partial charge is 0.465 e. The molecule has 0 unspecified atom stereocenters. The highest BCUT2D eigenvalue weighted by molar-refractivity contribution is 7.18. The third-order valence-corrected chi connectivity index (χ3v) is 4.82. The molecular weight excluding hydrogens is 258 g/mol. The Morgan fingerprint density at radius 1 is 1.26 bits per heavy atom. The zero-order valence-electron chi connectivity index (χ0n) is 11.6. The summed E-state index contributed by atoms with van der Waals surface area (Å²) in [6, 6.07) is 7.98. The van der Waals surface area contributed by atoms with Gasteiger partial charge in [0, 0.05) is 0 Å². The Morgan fingerprint density at radius 3 is 2.53 bits per heavy atom. The minimum absolute atomic E-state index is 0.154. The minimum atomic E-state index is -0.598. The van der Waals surface area contributed by atoms with Crippen LogP contribution in [0.3, 0.4) is 0 Å². The summed E-state index contributed by atoms with van der Waals surface area (Å²) in [5.41, 5.74) is 0.359. The fraction of sp³-hybridized carbons (Fsp3) is 0.467. The Hall–Kier alpha value is -1.42. The van der Waals surface area contributed by atoms with Crippen molar-refractivity contribution in [2.45, 2.75) is 39.0 Å². The molecule has 4 heteroatoms. The number of carbonyl (C=O) groups excluding carboxylic acids is 1. The van der Waals surface area contributed by atoms with Crippen LogP contribution in [0.15, 0.2) is 24.3 Å². The summed E-state index contributed by atoms with van der Waals surface area (Å²) in [5, 5.41) is 0.872. The maximum atomic E-state index is 12.3. The number of ether oxygens (including phenoxy) is 1. The van der Waals surface area contributed by atoms with Crippen molar-refractivity contribution in [2.24, 2.45) is 0 Å². The predicted octanol–water partition coefficient (Wildman–Crippen LogP) is 3.92. The smallest absolute Gasteiger partial charge is 0.319 e. The lowest BCUT2D eigenvalue weighted by Crippen LogP contribution is -2.36. The number of hydrogen-bond acceptors (Lipinski definition) is 4. The first-order chi connectivity index (χ1) is 9.17. The van der Waals surface area contributed by atoms with Crippen LogP contribution in [0.1, 0.15) is 38.6 Å². The van der Waals surface area contributed by atoms with E-state index in [2.05, 4.69) is 4.98 Å². The molecular formula is C15H19NO2S. The molecule has 0 amide bonds. The number of hydrogen-bond donors (Lipinski definition) is 0. The number of nitrogens with zero attached hydrogens (tertiary/aromatic N) is 1. The predicted molar refractivity (Wildman–Crippen MR) is 78.5 cm³/mol. The van der Waals surface area contributed by atoms with Crippen LogP contribution in [0.5, 0.6) is 0 Å². The van der Waals surface area contributed by atoms with Crippen molar-refractivity contribution in [3.05, 3.63) is 29.3 Å². The van der Waals surface area contributed by atoms with Gasteiger partial charge in [-0.1, -0.05) is 26.0 Å². The van der Waals surface area contributed by atoms with E-state index < -0.39 is 5.41 Å². The van der Waals surface area contributed by atoms with Crippen molar-refractivity contribution in [1.29, 1.82) is 0 Å². The third kappa shape index (κ3) is 2.37. The van der Waals surface area contributed by atoms with E-state index in [0.29, 0.717) is 19.4 Å². The number of aromatic nitrogens is 1. The second-order valence-corrected chi connectivity index (χ2v) is 5.53. The number of rotatable bonds is 5. The fourth-order valence-corrected chi connectivity index (χ4v) is 3.56. The van der Waals surface area contributed by atoms with Gasteiger partial charge < -0.3 is 4.74 Å². The van der Waals surface area contributed by atoms with Gasteiger partial charge >= 0.3 is 5.97 Å².